The third kappa shape index (κ3) is 14.2. The fraction of sp³-hybridized carbons (Fsp3) is 0.895. The van der Waals surface area contributed by atoms with Gasteiger partial charge < -0.3 is 9.47 Å². The van der Waals surface area contributed by atoms with Crippen molar-refractivity contribution in [3.05, 3.63) is 0 Å². The average Bonchev–Trinajstić information content (AvgIpc) is 2.61. The second kappa shape index (κ2) is 12.8. The van der Waals surface area contributed by atoms with Crippen LogP contribution in [0.5, 0.6) is 0 Å². The second-order valence-corrected chi connectivity index (χ2v) is 7.69. The Kier molecular flexibility index (Phi) is 12.0. The van der Waals surface area contributed by atoms with Crippen LogP contribution in [0.2, 0.25) is 0 Å². The molecule has 0 radical (unpaired) electrons. The average molecular weight is 392 g/mol. The summed E-state index contributed by atoms with van der Waals surface area (Å²) in [4.78, 5) is 42.2. The minimum Gasteiger partial charge on any atom is -0.432 e. The SMILES string of the molecule is CCC(C)(C)OOC(=O)OCCCCCC(C)OC(=O)OOC(C)(C)CC. The van der Waals surface area contributed by atoms with Crippen LogP contribution in [0, 0.1) is 0 Å². The molecule has 0 fully saturated rings. The molecule has 0 heterocycles. The van der Waals surface area contributed by atoms with Crippen LogP contribution in [0.3, 0.4) is 0 Å². The lowest BCUT2D eigenvalue weighted by Gasteiger charge is -2.21. The molecule has 0 rings (SSSR count). The number of hydrogen-bond acceptors (Lipinski definition) is 8. The van der Waals surface area contributed by atoms with Crippen LogP contribution in [0.4, 0.5) is 9.59 Å². The molecule has 8 heteroatoms. The molecule has 0 aliphatic rings. The summed E-state index contributed by atoms with van der Waals surface area (Å²) in [7, 11) is 0. The van der Waals surface area contributed by atoms with Crippen LogP contribution in [0.25, 0.3) is 0 Å². The molecular formula is C19H36O8. The Morgan fingerprint density at radius 2 is 1.33 bits per heavy atom. The van der Waals surface area contributed by atoms with E-state index >= 15 is 0 Å². The molecule has 0 saturated carbocycles. The van der Waals surface area contributed by atoms with Crippen molar-refractivity contribution in [2.75, 3.05) is 6.61 Å². The van der Waals surface area contributed by atoms with Crippen LogP contribution in [-0.2, 0) is 29.0 Å². The van der Waals surface area contributed by atoms with Crippen molar-refractivity contribution < 1.29 is 38.6 Å². The van der Waals surface area contributed by atoms with Crippen molar-refractivity contribution in [2.45, 2.75) is 104 Å². The highest BCUT2D eigenvalue weighted by Gasteiger charge is 2.21. The van der Waals surface area contributed by atoms with Crippen molar-refractivity contribution in [3.8, 4) is 0 Å². The van der Waals surface area contributed by atoms with Crippen LogP contribution < -0.4 is 0 Å². The van der Waals surface area contributed by atoms with Crippen LogP contribution in [0.15, 0.2) is 0 Å². The van der Waals surface area contributed by atoms with E-state index in [-0.39, 0.29) is 12.7 Å². The molecule has 0 bridgehead atoms. The van der Waals surface area contributed by atoms with Crippen LogP contribution in [0.1, 0.15) is 87.0 Å². The summed E-state index contributed by atoms with van der Waals surface area (Å²) < 4.78 is 10.0. The minimum absolute atomic E-state index is 0.242. The first-order chi connectivity index (χ1) is 12.5. The van der Waals surface area contributed by atoms with Gasteiger partial charge in [-0.1, -0.05) is 13.8 Å². The van der Waals surface area contributed by atoms with E-state index in [9.17, 15) is 9.59 Å². The number of rotatable bonds is 13. The van der Waals surface area contributed by atoms with E-state index in [0.29, 0.717) is 25.7 Å². The Balaban J connectivity index is 3.69. The molecule has 1 unspecified atom stereocenters. The first-order valence-corrected chi connectivity index (χ1v) is 9.60. The first kappa shape index (κ1) is 25.5. The van der Waals surface area contributed by atoms with Gasteiger partial charge in [-0.15, -0.1) is 0 Å². The van der Waals surface area contributed by atoms with Crippen molar-refractivity contribution in [2.24, 2.45) is 0 Å². The Morgan fingerprint density at radius 1 is 0.815 bits per heavy atom. The lowest BCUT2D eigenvalue weighted by Crippen LogP contribution is -2.26. The van der Waals surface area contributed by atoms with Gasteiger partial charge in [-0.25, -0.2) is 9.59 Å². The predicted molar refractivity (Wildman–Crippen MR) is 98.8 cm³/mol. The van der Waals surface area contributed by atoms with Crippen molar-refractivity contribution >= 4 is 12.3 Å². The van der Waals surface area contributed by atoms with Gasteiger partial charge in [0.25, 0.3) is 0 Å². The first-order valence-electron chi connectivity index (χ1n) is 9.60. The molecule has 0 aliphatic heterocycles. The Bertz CT molecular complexity index is 433. The van der Waals surface area contributed by atoms with Gasteiger partial charge in [0.1, 0.15) is 17.3 Å². The number of ether oxygens (including phenoxy) is 2. The third-order valence-electron chi connectivity index (χ3n) is 4.15. The molecule has 27 heavy (non-hydrogen) atoms. The number of carbonyl (C=O) groups excluding carboxylic acids is 2. The van der Waals surface area contributed by atoms with Gasteiger partial charge in [-0.05, 0) is 73.1 Å². The maximum Gasteiger partial charge on any atom is 0.540 e. The molecule has 0 amide bonds. The monoisotopic (exact) mass is 392 g/mol. The van der Waals surface area contributed by atoms with Gasteiger partial charge in [0.15, 0.2) is 0 Å². The highest BCUT2D eigenvalue weighted by atomic mass is 17.2. The molecule has 0 N–H and O–H groups in total. The Labute approximate surface area is 162 Å². The minimum atomic E-state index is -0.842. The molecular weight excluding hydrogens is 356 g/mol. The largest absolute Gasteiger partial charge is 0.540 e. The molecule has 0 spiro atoms. The summed E-state index contributed by atoms with van der Waals surface area (Å²) in [5, 5.41) is 0. The van der Waals surface area contributed by atoms with Gasteiger partial charge in [0, 0.05) is 0 Å². The molecule has 1 atom stereocenters. The van der Waals surface area contributed by atoms with Gasteiger partial charge in [0.2, 0.25) is 0 Å². The van der Waals surface area contributed by atoms with E-state index < -0.39 is 23.5 Å². The van der Waals surface area contributed by atoms with Gasteiger partial charge in [-0.2, -0.15) is 9.78 Å². The zero-order valence-electron chi connectivity index (χ0n) is 17.8. The predicted octanol–water partition coefficient (Wildman–Crippen LogP) is 5.48. The zero-order valence-corrected chi connectivity index (χ0v) is 17.8. The molecule has 0 aromatic carbocycles. The lowest BCUT2D eigenvalue weighted by molar-refractivity contribution is -0.319. The number of hydrogen-bond donors (Lipinski definition) is 0. The standard InChI is InChI=1S/C19H36O8/c1-8-18(4,5)26-24-16(20)22-14-12-10-11-13-15(3)23-17(21)25-27-19(6,7)9-2/h15H,8-14H2,1-7H3. The van der Waals surface area contributed by atoms with Gasteiger partial charge in [-0.3, -0.25) is 9.78 Å². The molecule has 160 valence electrons. The fourth-order valence-corrected chi connectivity index (χ4v) is 1.54. The van der Waals surface area contributed by atoms with Gasteiger partial charge >= 0.3 is 12.3 Å². The summed E-state index contributed by atoms with van der Waals surface area (Å²) in [5.41, 5.74) is -1.08. The quantitative estimate of drug-likeness (QED) is 0.176. The number of carbonyl (C=O) groups is 2. The molecule has 0 aromatic rings. The molecule has 0 saturated heterocycles. The van der Waals surface area contributed by atoms with E-state index in [1.165, 1.54) is 0 Å². The summed E-state index contributed by atoms with van der Waals surface area (Å²) in [6.45, 7) is 13.2. The molecule has 0 aromatic heterocycles. The maximum atomic E-state index is 11.5. The third-order valence-corrected chi connectivity index (χ3v) is 4.15. The molecule has 0 aliphatic carbocycles. The van der Waals surface area contributed by atoms with Crippen molar-refractivity contribution in [1.82, 2.24) is 0 Å². The summed E-state index contributed by atoms with van der Waals surface area (Å²) in [5.74, 6) is 0. The lowest BCUT2D eigenvalue weighted by atomic mass is 10.1. The smallest absolute Gasteiger partial charge is 0.432 e. The second-order valence-electron chi connectivity index (χ2n) is 7.69. The van der Waals surface area contributed by atoms with Crippen LogP contribution in [-0.4, -0.2) is 36.2 Å². The highest BCUT2D eigenvalue weighted by molar-refractivity contribution is 5.59. The van der Waals surface area contributed by atoms with Gasteiger partial charge in [0.05, 0.1) is 6.61 Å². The van der Waals surface area contributed by atoms with E-state index in [1.807, 2.05) is 41.5 Å². The maximum absolute atomic E-state index is 11.5. The Hall–Kier alpha value is -1.54. The van der Waals surface area contributed by atoms with E-state index in [1.54, 1.807) is 6.92 Å². The topological polar surface area (TPSA) is 89.5 Å². The van der Waals surface area contributed by atoms with Crippen molar-refractivity contribution in [3.63, 3.8) is 0 Å². The van der Waals surface area contributed by atoms with E-state index in [0.717, 1.165) is 12.8 Å². The van der Waals surface area contributed by atoms with Crippen molar-refractivity contribution in [1.29, 1.82) is 0 Å². The molecule has 8 nitrogen and oxygen atoms in total. The summed E-state index contributed by atoms with van der Waals surface area (Å²) in [6, 6.07) is 0. The van der Waals surface area contributed by atoms with E-state index in [4.69, 9.17) is 19.2 Å². The summed E-state index contributed by atoms with van der Waals surface area (Å²) in [6.07, 6.45) is 2.41. The fourth-order valence-electron chi connectivity index (χ4n) is 1.54. The highest BCUT2D eigenvalue weighted by Crippen LogP contribution is 2.16. The van der Waals surface area contributed by atoms with E-state index in [2.05, 4.69) is 9.78 Å². The van der Waals surface area contributed by atoms with Crippen LogP contribution >= 0.6 is 0 Å². The Morgan fingerprint density at radius 3 is 1.85 bits per heavy atom. The number of unbranched alkanes of at least 4 members (excludes halogenated alkanes) is 2. The summed E-state index contributed by atoms with van der Waals surface area (Å²) >= 11 is 0. The zero-order chi connectivity index (χ0) is 20.9. The normalized spacial score (nSPS) is 13.0.